The fraction of sp³-hybridized carbons (Fsp3) is 0.217. The van der Waals surface area contributed by atoms with E-state index in [4.69, 9.17) is 4.98 Å². The fourth-order valence-corrected chi connectivity index (χ4v) is 3.56. The van der Waals surface area contributed by atoms with Crippen LogP contribution in [0.15, 0.2) is 60.7 Å². The van der Waals surface area contributed by atoms with Crippen LogP contribution in [0.5, 0.6) is 0 Å². The molecule has 0 atom stereocenters. The number of nitrogens with one attached hydrogen (secondary N) is 2. The number of amides is 1. The van der Waals surface area contributed by atoms with Crippen LogP contribution in [-0.4, -0.2) is 22.9 Å². The topological polar surface area (TPSA) is 57.8 Å². The molecular weight excluding hydrogens is 334 g/mol. The van der Waals surface area contributed by atoms with E-state index in [0.717, 1.165) is 61.1 Å². The molecule has 4 aromatic rings. The van der Waals surface area contributed by atoms with Crippen LogP contribution in [0, 0.1) is 0 Å². The molecule has 0 bridgehead atoms. The molecule has 0 aliphatic rings. The van der Waals surface area contributed by atoms with Crippen molar-refractivity contribution in [2.24, 2.45) is 0 Å². The van der Waals surface area contributed by atoms with Crippen LogP contribution in [0.4, 0.5) is 0 Å². The monoisotopic (exact) mass is 357 g/mol. The summed E-state index contributed by atoms with van der Waals surface area (Å²) in [5, 5.41) is 5.14. The van der Waals surface area contributed by atoms with Crippen molar-refractivity contribution < 1.29 is 4.79 Å². The van der Waals surface area contributed by atoms with Crippen molar-refractivity contribution in [1.82, 2.24) is 15.3 Å². The number of hydrogen-bond donors (Lipinski definition) is 2. The van der Waals surface area contributed by atoms with Gasteiger partial charge < -0.3 is 10.3 Å². The van der Waals surface area contributed by atoms with Crippen LogP contribution in [0.1, 0.15) is 24.8 Å². The van der Waals surface area contributed by atoms with E-state index in [9.17, 15) is 4.79 Å². The Bertz CT molecular complexity index is 1060. The molecule has 4 nitrogen and oxygen atoms in total. The molecule has 1 amide bonds. The van der Waals surface area contributed by atoms with Crippen LogP contribution in [-0.2, 0) is 11.2 Å². The third-order valence-electron chi connectivity index (χ3n) is 4.96. The van der Waals surface area contributed by atoms with Crippen LogP contribution >= 0.6 is 0 Å². The average Bonchev–Trinajstić information content (AvgIpc) is 3.13. The summed E-state index contributed by atoms with van der Waals surface area (Å²) in [6.45, 7) is 0.761. The maximum Gasteiger partial charge on any atom is 0.207 e. The number of aryl methyl sites for hydroxylation is 1. The van der Waals surface area contributed by atoms with E-state index in [1.54, 1.807) is 0 Å². The summed E-state index contributed by atoms with van der Waals surface area (Å²) in [4.78, 5) is 18.6. The van der Waals surface area contributed by atoms with Gasteiger partial charge in [-0.15, -0.1) is 0 Å². The van der Waals surface area contributed by atoms with Crippen molar-refractivity contribution in [2.75, 3.05) is 6.54 Å². The maximum absolute atomic E-state index is 10.2. The molecule has 0 saturated heterocycles. The van der Waals surface area contributed by atoms with Crippen LogP contribution in [0.2, 0.25) is 0 Å². The Morgan fingerprint density at radius 3 is 2.78 bits per heavy atom. The summed E-state index contributed by atoms with van der Waals surface area (Å²) >= 11 is 0. The molecule has 2 N–H and O–H groups in total. The minimum Gasteiger partial charge on any atom is -0.359 e. The number of aromatic nitrogens is 2. The van der Waals surface area contributed by atoms with Gasteiger partial charge in [0.25, 0.3) is 0 Å². The lowest BCUT2D eigenvalue weighted by molar-refractivity contribution is -0.109. The van der Waals surface area contributed by atoms with Crippen molar-refractivity contribution in [1.29, 1.82) is 0 Å². The standard InChI is InChI=1S/C23H23N3O/c27-16-24-14-5-1-2-7-17-12-13-21-22(15-17)26-23(25-21)20-11-6-9-18-8-3-4-10-19(18)20/h3-4,6,8-13,15-16H,1-2,5,7,14H2,(H,24,27)(H,25,26). The summed E-state index contributed by atoms with van der Waals surface area (Å²) in [6, 6.07) is 21.2. The highest BCUT2D eigenvalue weighted by atomic mass is 16.1. The molecule has 0 aliphatic carbocycles. The van der Waals surface area contributed by atoms with Gasteiger partial charge >= 0.3 is 0 Å². The first kappa shape index (κ1) is 17.3. The van der Waals surface area contributed by atoms with E-state index in [1.165, 1.54) is 16.3 Å². The number of fused-ring (bicyclic) bond motifs is 2. The van der Waals surface area contributed by atoms with Gasteiger partial charge in [-0.3, -0.25) is 4.79 Å². The molecule has 4 rings (SSSR count). The summed E-state index contributed by atoms with van der Waals surface area (Å²) in [7, 11) is 0. The molecule has 4 heteroatoms. The van der Waals surface area contributed by atoms with Crippen molar-refractivity contribution in [3.63, 3.8) is 0 Å². The number of rotatable bonds is 8. The highest BCUT2D eigenvalue weighted by molar-refractivity contribution is 5.96. The second kappa shape index (κ2) is 8.04. The quantitative estimate of drug-likeness (QED) is 0.350. The largest absolute Gasteiger partial charge is 0.359 e. The number of H-pyrrole nitrogens is 1. The number of carbonyl (C=O) groups excluding carboxylic acids is 1. The molecule has 27 heavy (non-hydrogen) atoms. The normalized spacial score (nSPS) is 11.1. The molecule has 0 fully saturated rings. The lowest BCUT2D eigenvalue weighted by Crippen LogP contribution is -2.11. The van der Waals surface area contributed by atoms with Gasteiger partial charge in [0.05, 0.1) is 11.0 Å². The van der Waals surface area contributed by atoms with Crippen molar-refractivity contribution >= 4 is 28.2 Å². The van der Waals surface area contributed by atoms with Crippen LogP contribution in [0.25, 0.3) is 33.2 Å². The number of carbonyl (C=O) groups is 1. The van der Waals surface area contributed by atoms with Crippen molar-refractivity contribution in [3.8, 4) is 11.4 Å². The molecule has 0 saturated carbocycles. The lowest BCUT2D eigenvalue weighted by Gasteiger charge is -2.03. The third kappa shape index (κ3) is 3.85. The molecule has 0 unspecified atom stereocenters. The van der Waals surface area contributed by atoms with Crippen molar-refractivity contribution in [2.45, 2.75) is 25.7 Å². The van der Waals surface area contributed by atoms with Gasteiger partial charge in [-0.25, -0.2) is 4.98 Å². The first-order chi connectivity index (χ1) is 13.3. The smallest absolute Gasteiger partial charge is 0.207 e. The van der Waals surface area contributed by atoms with Gasteiger partial charge in [0.15, 0.2) is 0 Å². The van der Waals surface area contributed by atoms with E-state index < -0.39 is 0 Å². The van der Waals surface area contributed by atoms with E-state index in [0.29, 0.717) is 0 Å². The summed E-state index contributed by atoms with van der Waals surface area (Å²) in [5.41, 5.74) is 4.53. The van der Waals surface area contributed by atoms with Gasteiger partial charge in [0.2, 0.25) is 6.41 Å². The molecule has 1 aromatic heterocycles. The third-order valence-corrected chi connectivity index (χ3v) is 4.96. The predicted molar refractivity (Wildman–Crippen MR) is 111 cm³/mol. The van der Waals surface area contributed by atoms with Gasteiger partial charge in [0.1, 0.15) is 5.82 Å². The predicted octanol–water partition coefficient (Wildman–Crippen LogP) is 4.84. The molecular formula is C23H23N3O. The molecule has 1 heterocycles. The molecule has 0 aliphatic heterocycles. The first-order valence-corrected chi connectivity index (χ1v) is 9.49. The first-order valence-electron chi connectivity index (χ1n) is 9.49. The number of unbranched alkanes of at least 4 members (excludes halogenated alkanes) is 2. The Labute approximate surface area is 158 Å². The number of nitrogens with zero attached hydrogens (tertiary/aromatic N) is 1. The van der Waals surface area contributed by atoms with E-state index in [1.807, 2.05) is 0 Å². The summed E-state index contributed by atoms with van der Waals surface area (Å²) in [6.07, 6.45) is 5.06. The van der Waals surface area contributed by atoms with Crippen LogP contribution in [0.3, 0.4) is 0 Å². The number of benzene rings is 3. The van der Waals surface area contributed by atoms with Crippen LogP contribution < -0.4 is 5.32 Å². The van der Waals surface area contributed by atoms with Gasteiger partial charge in [-0.1, -0.05) is 55.0 Å². The second-order valence-corrected chi connectivity index (χ2v) is 6.85. The van der Waals surface area contributed by atoms with E-state index >= 15 is 0 Å². The lowest BCUT2D eigenvalue weighted by atomic mass is 10.0. The summed E-state index contributed by atoms with van der Waals surface area (Å²) in [5.74, 6) is 0.916. The zero-order valence-corrected chi connectivity index (χ0v) is 15.2. The Morgan fingerprint density at radius 2 is 1.85 bits per heavy atom. The SMILES string of the molecule is O=CNCCCCCc1ccc2nc(-c3cccc4ccccc34)[nH]c2c1. The zero-order valence-electron chi connectivity index (χ0n) is 15.2. The Morgan fingerprint density at radius 1 is 0.963 bits per heavy atom. The molecule has 0 radical (unpaired) electrons. The molecule has 136 valence electrons. The zero-order chi connectivity index (χ0) is 18.5. The molecule has 0 spiro atoms. The number of imidazole rings is 1. The maximum atomic E-state index is 10.2. The second-order valence-electron chi connectivity index (χ2n) is 6.85. The minimum atomic E-state index is 0.761. The van der Waals surface area contributed by atoms with Gasteiger partial charge in [-0.2, -0.15) is 0 Å². The summed E-state index contributed by atoms with van der Waals surface area (Å²) < 4.78 is 0. The average molecular weight is 357 g/mol. The van der Waals surface area contributed by atoms with Gasteiger partial charge in [0, 0.05) is 12.1 Å². The van der Waals surface area contributed by atoms with Gasteiger partial charge in [-0.05, 0) is 47.7 Å². The van der Waals surface area contributed by atoms with E-state index in [-0.39, 0.29) is 0 Å². The number of aromatic amines is 1. The Balaban J connectivity index is 1.53. The Hall–Kier alpha value is -3.14. The van der Waals surface area contributed by atoms with E-state index in [2.05, 4.69) is 71.0 Å². The highest BCUT2D eigenvalue weighted by Gasteiger charge is 2.09. The number of hydrogen-bond acceptors (Lipinski definition) is 2. The molecule has 3 aromatic carbocycles. The Kier molecular flexibility index (Phi) is 5.15. The van der Waals surface area contributed by atoms with Crippen molar-refractivity contribution in [3.05, 3.63) is 66.2 Å². The minimum absolute atomic E-state index is 0.761. The highest BCUT2D eigenvalue weighted by Crippen LogP contribution is 2.28. The fourth-order valence-electron chi connectivity index (χ4n) is 3.56.